The molecule has 0 atom stereocenters. The normalized spacial score (nSPS) is 10.4. The molecule has 2 aromatic rings. The Hall–Kier alpha value is -1.70. The summed E-state index contributed by atoms with van der Waals surface area (Å²) in [7, 11) is 0. The molecule has 82 valence electrons. The molecule has 0 fully saturated rings. The van der Waals surface area contributed by atoms with Crippen molar-refractivity contribution in [2.75, 3.05) is 0 Å². The number of halogens is 2. The Bertz CT molecular complexity index is 487. The van der Waals surface area contributed by atoms with Crippen molar-refractivity contribution in [2.45, 2.75) is 13.3 Å². The van der Waals surface area contributed by atoms with E-state index >= 15 is 0 Å². The van der Waals surface area contributed by atoms with E-state index in [-0.39, 0.29) is 0 Å². The lowest BCUT2D eigenvalue weighted by Crippen LogP contribution is -1.87. The van der Waals surface area contributed by atoms with E-state index in [4.69, 9.17) is 0 Å². The van der Waals surface area contributed by atoms with Crippen LogP contribution in [0.15, 0.2) is 42.5 Å². The highest BCUT2D eigenvalue weighted by molar-refractivity contribution is 5.64. The van der Waals surface area contributed by atoms with Crippen molar-refractivity contribution in [1.82, 2.24) is 0 Å². The Morgan fingerprint density at radius 2 is 1.62 bits per heavy atom. The first-order valence-corrected chi connectivity index (χ1v) is 5.25. The van der Waals surface area contributed by atoms with Gasteiger partial charge in [-0.1, -0.05) is 31.2 Å². The maximum atomic E-state index is 13.5. The van der Waals surface area contributed by atoms with E-state index < -0.39 is 11.6 Å². The monoisotopic (exact) mass is 218 g/mol. The van der Waals surface area contributed by atoms with Crippen LogP contribution in [-0.2, 0) is 6.42 Å². The number of benzene rings is 2. The largest absolute Gasteiger partial charge is 0.207 e. The standard InChI is InChI=1S/C14H12F2/c1-2-10-3-5-11(6-4-10)13-8-7-12(15)9-14(13)16/h3-9H,2H2,1H3. The fraction of sp³-hybridized carbons (Fsp3) is 0.143. The number of rotatable bonds is 2. The van der Waals surface area contributed by atoms with E-state index in [1.165, 1.54) is 17.7 Å². The van der Waals surface area contributed by atoms with Crippen LogP contribution in [0.25, 0.3) is 11.1 Å². The molecule has 0 saturated carbocycles. The van der Waals surface area contributed by atoms with Crippen molar-refractivity contribution in [3.63, 3.8) is 0 Å². The summed E-state index contributed by atoms with van der Waals surface area (Å²) in [5, 5.41) is 0. The van der Waals surface area contributed by atoms with Crippen LogP contribution in [0.5, 0.6) is 0 Å². The SMILES string of the molecule is CCc1ccc(-c2ccc(F)cc2F)cc1. The highest BCUT2D eigenvalue weighted by Gasteiger charge is 2.05. The lowest BCUT2D eigenvalue weighted by molar-refractivity contribution is 0.585. The molecule has 0 nitrogen and oxygen atoms in total. The molecule has 0 amide bonds. The molecule has 0 bridgehead atoms. The van der Waals surface area contributed by atoms with Crippen LogP contribution in [0.3, 0.4) is 0 Å². The molecule has 0 unspecified atom stereocenters. The summed E-state index contributed by atoms with van der Waals surface area (Å²) in [5.74, 6) is -1.07. The Morgan fingerprint density at radius 3 is 2.19 bits per heavy atom. The van der Waals surface area contributed by atoms with E-state index in [2.05, 4.69) is 6.92 Å². The van der Waals surface area contributed by atoms with Gasteiger partial charge in [0.15, 0.2) is 0 Å². The van der Waals surface area contributed by atoms with Crippen LogP contribution in [0.2, 0.25) is 0 Å². The first-order valence-electron chi connectivity index (χ1n) is 5.25. The zero-order chi connectivity index (χ0) is 11.5. The van der Waals surface area contributed by atoms with Gasteiger partial charge in [0.25, 0.3) is 0 Å². The number of hydrogen-bond donors (Lipinski definition) is 0. The van der Waals surface area contributed by atoms with Gasteiger partial charge in [0.05, 0.1) is 0 Å². The van der Waals surface area contributed by atoms with Crippen LogP contribution >= 0.6 is 0 Å². The van der Waals surface area contributed by atoms with E-state index in [1.54, 1.807) is 0 Å². The fourth-order valence-electron chi connectivity index (χ4n) is 1.64. The van der Waals surface area contributed by atoms with Gasteiger partial charge in [0.1, 0.15) is 11.6 Å². The lowest BCUT2D eigenvalue weighted by atomic mass is 10.0. The Morgan fingerprint density at radius 1 is 0.938 bits per heavy atom. The van der Waals surface area contributed by atoms with Crippen LogP contribution in [0, 0.1) is 11.6 Å². The third-order valence-electron chi connectivity index (χ3n) is 2.60. The molecular formula is C14H12F2. The minimum atomic E-state index is -0.550. The summed E-state index contributed by atoms with van der Waals surface area (Å²) in [6.07, 6.45) is 0.951. The molecule has 2 heteroatoms. The van der Waals surface area contributed by atoms with Gasteiger partial charge >= 0.3 is 0 Å². The minimum Gasteiger partial charge on any atom is -0.207 e. The second kappa shape index (κ2) is 4.44. The summed E-state index contributed by atoms with van der Waals surface area (Å²) < 4.78 is 26.2. The minimum absolute atomic E-state index is 0.434. The van der Waals surface area contributed by atoms with E-state index in [9.17, 15) is 8.78 Å². The topological polar surface area (TPSA) is 0 Å². The van der Waals surface area contributed by atoms with Gasteiger partial charge < -0.3 is 0 Å². The van der Waals surface area contributed by atoms with Gasteiger partial charge in [0.2, 0.25) is 0 Å². The van der Waals surface area contributed by atoms with Crippen molar-refractivity contribution >= 4 is 0 Å². The molecule has 2 aromatic carbocycles. The third kappa shape index (κ3) is 2.11. The predicted molar refractivity (Wildman–Crippen MR) is 61.2 cm³/mol. The van der Waals surface area contributed by atoms with Gasteiger partial charge in [-0.05, 0) is 29.7 Å². The number of hydrogen-bond acceptors (Lipinski definition) is 0. The Balaban J connectivity index is 2.42. The average Bonchev–Trinajstić information content (AvgIpc) is 2.29. The second-order valence-corrected chi connectivity index (χ2v) is 3.67. The quantitative estimate of drug-likeness (QED) is 0.708. The van der Waals surface area contributed by atoms with Crippen LogP contribution in [-0.4, -0.2) is 0 Å². The lowest BCUT2D eigenvalue weighted by Gasteiger charge is -2.04. The summed E-state index contributed by atoms with van der Waals surface area (Å²) >= 11 is 0. The van der Waals surface area contributed by atoms with Gasteiger partial charge in [-0.2, -0.15) is 0 Å². The van der Waals surface area contributed by atoms with Crippen LogP contribution in [0.1, 0.15) is 12.5 Å². The third-order valence-corrected chi connectivity index (χ3v) is 2.60. The zero-order valence-corrected chi connectivity index (χ0v) is 9.00. The molecule has 0 saturated heterocycles. The summed E-state index contributed by atoms with van der Waals surface area (Å²) in [6.45, 7) is 2.06. The molecule has 0 aliphatic rings. The van der Waals surface area contributed by atoms with Crippen molar-refractivity contribution in [3.8, 4) is 11.1 Å². The Labute approximate surface area is 93.5 Å². The second-order valence-electron chi connectivity index (χ2n) is 3.67. The maximum Gasteiger partial charge on any atom is 0.133 e. The maximum absolute atomic E-state index is 13.5. The van der Waals surface area contributed by atoms with Gasteiger partial charge in [0, 0.05) is 11.6 Å². The molecule has 0 aliphatic heterocycles. The predicted octanol–water partition coefficient (Wildman–Crippen LogP) is 4.19. The molecular weight excluding hydrogens is 206 g/mol. The highest BCUT2D eigenvalue weighted by Crippen LogP contribution is 2.23. The number of aryl methyl sites for hydroxylation is 1. The summed E-state index contributed by atoms with van der Waals surface area (Å²) in [6, 6.07) is 11.3. The molecule has 0 aliphatic carbocycles. The first-order chi connectivity index (χ1) is 7.70. The van der Waals surface area contributed by atoms with Crippen LogP contribution < -0.4 is 0 Å². The molecule has 0 aromatic heterocycles. The molecule has 16 heavy (non-hydrogen) atoms. The zero-order valence-electron chi connectivity index (χ0n) is 9.00. The average molecular weight is 218 g/mol. The van der Waals surface area contributed by atoms with E-state index in [1.807, 2.05) is 24.3 Å². The van der Waals surface area contributed by atoms with Gasteiger partial charge in [-0.25, -0.2) is 8.78 Å². The molecule has 2 rings (SSSR count). The summed E-state index contributed by atoms with van der Waals surface area (Å²) in [5.41, 5.74) is 2.41. The molecule has 0 radical (unpaired) electrons. The Kier molecular flexibility index (Phi) is 3.00. The first kappa shape index (κ1) is 10.8. The molecule has 0 heterocycles. The molecule has 0 N–H and O–H groups in total. The van der Waals surface area contributed by atoms with Crippen molar-refractivity contribution in [2.24, 2.45) is 0 Å². The highest BCUT2D eigenvalue weighted by atomic mass is 19.1. The van der Waals surface area contributed by atoms with Gasteiger partial charge in [-0.15, -0.1) is 0 Å². The summed E-state index contributed by atoms with van der Waals surface area (Å²) in [4.78, 5) is 0. The van der Waals surface area contributed by atoms with Crippen molar-refractivity contribution < 1.29 is 8.78 Å². The van der Waals surface area contributed by atoms with Gasteiger partial charge in [-0.3, -0.25) is 0 Å². The fourth-order valence-corrected chi connectivity index (χ4v) is 1.64. The van der Waals surface area contributed by atoms with Crippen molar-refractivity contribution in [3.05, 3.63) is 59.7 Å². The van der Waals surface area contributed by atoms with E-state index in [0.717, 1.165) is 18.1 Å². The molecule has 0 spiro atoms. The van der Waals surface area contributed by atoms with E-state index in [0.29, 0.717) is 5.56 Å². The van der Waals surface area contributed by atoms with Crippen LogP contribution in [0.4, 0.5) is 8.78 Å². The smallest absolute Gasteiger partial charge is 0.133 e. The van der Waals surface area contributed by atoms with Crippen molar-refractivity contribution in [1.29, 1.82) is 0 Å².